The maximum atomic E-state index is 5.43. The van der Waals surface area contributed by atoms with Gasteiger partial charge in [0.15, 0.2) is 5.82 Å². The molecule has 0 unspecified atom stereocenters. The van der Waals surface area contributed by atoms with Crippen molar-refractivity contribution in [3.8, 4) is 17.2 Å². The van der Waals surface area contributed by atoms with E-state index >= 15 is 0 Å². The number of rotatable bonds is 4. The van der Waals surface area contributed by atoms with E-state index in [0.29, 0.717) is 18.1 Å². The van der Waals surface area contributed by atoms with Crippen LogP contribution in [0.15, 0.2) is 59.4 Å². The zero-order valence-corrected chi connectivity index (χ0v) is 13.0. The van der Waals surface area contributed by atoms with E-state index in [4.69, 9.17) is 9.26 Å². The van der Waals surface area contributed by atoms with E-state index in [-0.39, 0.29) is 0 Å². The summed E-state index contributed by atoms with van der Waals surface area (Å²) in [5.74, 6) is 1.83. The molecule has 0 amide bonds. The molecule has 0 radical (unpaired) electrons. The van der Waals surface area contributed by atoms with Crippen LogP contribution in [0.2, 0.25) is 0 Å². The minimum absolute atomic E-state index is 0.436. The summed E-state index contributed by atoms with van der Waals surface area (Å²) in [6.45, 7) is 0. The Balaban J connectivity index is 1.70. The molecule has 0 aliphatic carbocycles. The van der Waals surface area contributed by atoms with Crippen LogP contribution in [-0.2, 0) is 6.42 Å². The lowest BCUT2D eigenvalue weighted by Crippen LogP contribution is -1.95. The van der Waals surface area contributed by atoms with Crippen molar-refractivity contribution in [2.24, 2.45) is 0 Å². The molecule has 0 aliphatic rings. The zero-order valence-electron chi connectivity index (χ0n) is 13.0. The Morgan fingerprint density at radius 3 is 2.79 bits per heavy atom. The Kier molecular flexibility index (Phi) is 3.63. The minimum atomic E-state index is 0.436. The summed E-state index contributed by atoms with van der Waals surface area (Å²) < 4.78 is 10.8. The molecule has 2 aromatic carbocycles. The van der Waals surface area contributed by atoms with Gasteiger partial charge in [0.05, 0.1) is 18.2 Å². The van der Waals surface area contributed by atoms with Crippen LogP contribution >= 0.6 is 0 Å². The highest BCUT2D eigenvalue weighted by Gasteiger charge is 2.14. The number of hydrogen-bond acceptors (Lipinski definition) is 6. The first kappa shape index (κ1) is 14.3. The summed E-state index contributed by atoms with van der Waals surface area (Å²) in [7, 11) is 1.65. The second-order valence-corrected chi connectivity index (χ2v) is 5.23. The Bertz CT molecular complexity index is 992. The maximum Gasteiger partial charge on any atom is 0.260 e. The predicted molar refractivity (Wildman–Crippen MR) is 88.6 cm³/mol. The van der Waals surface area contributed by atoms with E-state index in [1.807, 2.05) is 42.5 Å². The first-order valence-electron chi connectivity index (χ1n) is 7.50. The van der Waals surface area contributed by atoms with Crippen molar-refractivity contribution in [3.05, 3.63) is 66.2 Å². The highest BCUT2D eigenvalue weighted by atomic mass is 16.5. The number of benzene rings is 2. The van der Waals surface area contributed by atoms with E-state index in [1.165, 1.54) is 0 Å². The van der Waals surface area contributed by atoms with Gasteiger partial charge in [-0.3, -0.25) is 9.97 Å². The molecule has 24 heavy (non-hydrogen) atoms. The van der Waals surface area contributed by atoms with Gasteiger partial charge in [0, 0.05) is 24.4 Å². The number of hydrogen-bond donors (Lipinski definition) is 0. The highest BCUT2D eigenvalue weighted by molar-refractivity contribution is 5.88. The molecule has 4 aromatic rings. The molecule has 0 fully saturated rings. The van der Waals surface area contributed by atoms with Gasteiger partial charge in [-0.25, -0.2) is 0 Å². The average Bonchev–Trinajstić information content (AvgIpc) is 3.10. The molecular formula is C18H14N4O2. The third-order valence-electron chi connectivity index (χ3n) is 3.74. The van der Waals surface area contributed by atoms with Crippen molar-refractivity contribution in [2.75, 3.05) is 7.11 Å². The molecule has 0 N–H and O–H groups in total. The van der Waals surface area contributed by atoms with Gasteiger partial charge in [0.2, 0.25) is 0 Å². The predicted octanol–water partition coefficient (Wildman–Crippen LogP) is 3.28. The molecule has 2 heterocycles. The molecule has 6 nitrogen and oxygen atoms in total. The van der Waals surface area contributed by atoms with Crippen molar-refractivity contribution in [2.45, 2.75) is 6.42 Å². The van der Waals surface area contributed by atoms with Crippen LogP contribution in [0.25, 0.3) is 22.5 Å². The standard InChI is InChI=1S/C18H14N4O2/c1-23-15-8-3-2-5-12(15)11-16-21-18(24-22-16)13-6-4-7-14-17(13)20-10-9-19-14/h2-10H,11H2,1H3. The van der Waals surface area contributed by atoms with E-state index in [9.17, 15) is 0 Å². The third kappa shape index (κ3) is 2.58. The summed E-state index contributed by atoms with van der Waals surface area (Å²) >= 11 is 0. The van der Waals surface area contributed by atoms with Gasteiger partial charge in [-0.1, -0.05) is 29.4 Å². The fourth-order valence-corrected chi connectivity index (χ4v) is 2.62. The third-order valence-corrected chi connectivity index (χ3v) is 3.74. The van der Waals surface area contributed by atoms with Crippen LogP contribution in [0, 0.1) is 0 Å². The molecular weight excluding hydrogens is 304 g/mol. The van der Waals surface area contributed by atoms with Crippen molar-refractivity contribution >= 4 is 11.0 Å². The smallest absolute Gasteiger partial charge is 0.260 e. The van der Waals surface area contributed by atoms with Crippen LogP contribution < -0.4 is 4.74 Å². The Morgan fingerprint density at radius 1 is 1.00 bits per heavy atom. The van der Waals surface area contributed by atoms with Crippen molar-refractivity contribution in [1.29, 1.82) is 0 Å². The topological polar surface area (TPSA) is 73.9 Å². The van der Waals surface area contributed by atoms with Crippen LogP contribution in [0.5, 0.6) is 5.75 Å². The van der Waals surface area contributed by atoms with Gasteiger partial charge in [-0.2, -0.15) is 4.98 Å². The summed E-state index contributed by atoms with van der Waals surface area (Å²) in [4.78, 5) is 13.2. The fraction of sp³-hybridized carbons (Fsp3) is 0.111. The van der Waals surface area contributed by atoms with E-state index in [0.717, 1.165) is 27.9 Å². The fourth-order valence-electron chi connectivity index (χ4n) is 2.62. The zero-order chi connectivity index (χ0) is 16.4. The molecule has 6 heteroatoms. The highest BCUT2D eigenvalue weighted by Crippen LogP contribution is 2.26. The lowest BCUT2D eigenvalue weighted by Gasteiger charge is -2.05. The van der Waals surface area contributed by atoms with Gasteiger partial charge >= 0.3 is 0 Å². The van der Waals surface area contributed by atoms with Crippen molar-refractivity contribution in [3.63, 3.8) is 0 Å². The molecule has 0 atom stereocenters. The number of fused-ring (bicyclic) bond motifs is 1. The molecule has 0 spiro atoms. The van der Waals surface area contributed by atoms with Crippen molar-refractivity contribution in [1.82, 2.24) is 20.1 Å². The van der Waals surface area contributed by atoms with Gasteiger partial charge in [-0.15, -0.1) is 0 Å². The molecule has 0 saturated carbocycles. The molecule has 0 bridgehead atoms. The van der Waals surface area contributed by atoms with Crippen molar-refractivity contribution < 1.29 is 9.26 Å². The second-order valence-electron chi connectivity index (χ2n) is 5.23. The maximum absolute atomic E-state index is 5.43. The Morgan fingerprint density at radius 2 is 1.88 bits per heavy atom. The van der Waals surface area contributed by atoms with Gasteiger partial charge in [0.25, 0.3) is 5.89 Å². The lowest BCUT2D eigenvalue weighted by atomic mass is 10.1. The number of methoxy groups -OCH3 is 1. The lowest BCUT2D eigenvalue weighted by molar-refractivity contribution is 0.408. The second kappa shape index (κ2) is 6.08. The first-order chi connectivity index (χ1) is 11.8. The Labute approximate surface area is 138 Å². The summed E-state index contributed by atoms with van der Waals surface area (Å²) in [6.07, 6.45) is 3.84. The first-order valence-corrected chi connectivity index (χ1v) is 7.50. The monoisotopic (exact) mass is 318 g/mol. The summed E-state index contributed by atoms with van der Waals surface area (Å²) in [6, 6.07) is 13.5. The van der Waals surface area contributed by atoms with E-state index in [1.54, 1.807) is 19.5 Å². The summed E-state index contributed by atoms with van der Waals surface area (Å²) in [5.41, 5.74) is 3.32. The van der Waals surface area contributed by atoms with Gasteiger partial charge in [-0.05, 0) is 18.2 Å². The summed E-state index contributed by atoms with van der Waals surface area (Å²) in [5, 5.41) is 4.08. The number of para-hydroxylation sites is 2. The molecule has 0 saturated heterocycles. The molecule has 118 valence electrons. The Hall–Kier alpha value is -3.28. The van der Waals surface area contributed by atoms with Crippen LogP contribution in [0.4, 0.5) is 0 Å². The molecule has 2 aromatic heterocycles. The van der Waals surface area contributed by atoms with Gasteiger partial charge in [0.1, 0.15) is 11.3 Å². The number of aromatic nitrogens is 4. The number of ether oxygens (including phenoxy) is 1. The normalized spacial score (nSPS) is 10.9. The van der Waals surface area contributed by atoms with Gasteiger partial charge < -0.3 is 9.26 Å². The van der Waals surface area contributed by atoms with E-state index in [2.05, 4.69) is 20.1 Å². The molecule has 0 aliphatic heterocycles. The van der Waals surface area contributed by atoms with Crippen LogP contribution in [-0.4, -0.2) is 27.2 Å². The van der Waals surface area contributed by atoms with Crippen LogP contribution in [0.3, 0.4) is 0 Å². The van der Waals surface area contributed by atoms with Crippen LogP contribution in [0.1, 0.15) is 11.4 Å². The minimum Gasteiger partial charge on any atom is -0.496 e. The largest absolute Gasteiger partial charge is 0.496 e. The van der Waals surface area contributed by atoms with E-state index < -0.39 is 0 Å². The number of nitrogens with zero attached hydrogens (tertiary/aromatic N) is 4. The molecule has 4 rings (SSSR count). The quantitative estimate of drug-likeness (QED) is 0.575. The SMILES string of the molecule is COc1ccccc1Cc1noc(-c2cccc3nccnc23)n1. The average molecular weight is 318 g/mol.